The molecule has 6 nitrogen and oxygen atoms in total. The van der Waals surface area contributed by atoms with Crippen LogP contribution in [0.3, 0.4) is 0 Å². The summed E-state index contributed by atoms with van der Waals surface area (Å²) in [7, 11) is -3.15. The largest absolute Gasteiger partial charge is 0.342 e. The lowest BCUT2D eigenvalue weighted by Gasteiger charge is -2.48. The molecule has 21 heavy (non-hydrogen) atoms. The molecule has 0 spiro atoms. The first-order valence-corrected chi connectivity index (χ1v) is 9.03. The highest BCUT2D eigenvalue weighted by molar-refractivity contribution is 7.91. The van der Waals surface area contributed by atoms with Crippen LogP contribution in [0.15, 0.2) is 0 Å². The summed E-state index contributed by atoms with van der Waals surface area (Å²) in [5, 5.41) is 2.77. The molecule has 2 aliphatic rings. The van der Waals surface area contributed by atoms with Crippen LogP contribution in [-0.2, 0) is 19.4 Å². The monoisotopic (exact) mass is 316 g/mol. The standard InChI is InChI=1S/C14H24N2O4S/c1-9-11(17)15-10(13(2,3)4)12(18)16(9)14(5)6-7-21(19,20)8-14/h9-10H,6-8H2,1-5H3,(H,15,17). The van der Waals surface area contributed by atoms with Crippen LogP contribution in [0, 0.1) is 5.41 Å². The van der Waals surface area contributed by atoms with Gasteiger partial charge in [-0.1, -0.05) is 20.8 Å². The van der Waals surface area contributed by atoms with E-state index in [4.69, 9.17) is 0 Å². The molecule has 0 aromatic carbocycles. The topological polar surface area (TPSA) is 83.6 Å². The van der Waals surface area contributed by atoms with Gasteiger partial charge in [-0.2, -0.15) is 0 Å². The van der Waals surface area contributed by atoms with Crippen molar-refractivity contribution in [2.75, 3.05) is 11.5 Å². The third-order valence-electron chi connectivity index (χ3n) is 4.47. The Balaban J connectivity index is 2.41. The Hall–Kier alpha value is -1.11. The van der Waals surface area contributed by atoms with Crippen LogP contribution >= 0.6 is 0 Å². The minimum Gasteiger partial charge on any atom is -0.342 e. The second kappa shape index (κ2) is 4.69. The molecule has 2 heterocycles. The highest BCUT2D eigenvalue weighted by Crippen LogP contribution is 2.35. The molecule has 2 fully saturated rings. The molecule has 2 amide bonds. The zero-order valence-electron chi connectivity index (χ0n) is 13.3. The number of nitrogens with one attached hydrogen (secondary N) is 1. The molecule has 0 saturated carbocycles. The van der Waals surface area contributed by atoms with Crippen molar-refractivity contribution in [3.05, 3.63) is 0 Å². The lowest BCUT2D eigenvalue weighted by molar-refractivity contribution is -0.157. The molecule has 3 unspecified atom stereocenters. The highest BCUT2D eigenvalue weighted by Gasteiger charge is 2.53. The van der Waals surface area contributed by atoms with Crippen molar-refractivity contribution >= 4 is 21.7 Å². The van der Waals surface area contributed by atoms with E-state index in [1.165, 1.54) is 4.90 Å². The molecule has 2 aliphatic heterocycles. The van der Waals surface area contributed by atoms with Gasteiger partial charge in [-0.3, -0.25) is 9.59 Å². The lowest BCUT2D eigenvalue weighted by Crippen LogP contribution is -2.70. The fourth-order valence-corrected chi connectivity index (χ4v) is 5.40. The molecule has 2 rings (SSSR count). The fourth-order valence-electron chi connectivity index (χ4n) is 3.28. The molecule has 0 aliphatic carbocycles. The highest BCUT2D eigenvalue weighted by atomic mass is 32.2. The second-order valence-corrected chi connectivity index (χ2v) is 9.71. The quantitative estimate of drug-likeness (QED) is 0.755. The summed E-state index contributed by atoms with van der Waals surface area (Å²) in [4.78, 5) is 26.6. The third kappa shape index (κ3) is 2.80. The Bertz CT molecular complexity index is 578. The molecule has 3 atom stereocenters. The summed E-state index contributed by atoms with van der Waals surface area (Å²) in [6.45, 7) is 9.08. The zero-order chi connectivity index (χ0) is 16.2. The number of amides is 2. The van der Waals surface area contributed by atoms with Crippen LogP contribution in [0.1, 0.15) is 41.0 Å². The molecule has 120 valence electrons. The van der Waals surface area contributed by atoms with Gasteiger partial charge in [-0.25, -0.2) is 8.42 Å². The van der Waals surface area contributed by atoms with Gasteiger partial charge in [0.25, 0.3) is 0 Å². The SMILES string of the molecule is CC1C(=O)NC(C(C)(C)C)C(=O)N1C1(C)CCS(=O)(=O)C1. The minimum atomic E-state index is -3.15. The smallest absolute Gasteiger partial charge is 0.246 e. The van der Waals surface area contributed by atoms with Crippen molar-refractivity contribution < 1.29 is 18.0 Å². The van der Waals surface area contributed by atoms with Crippen LogP contribution in [0.2, 0.25) is 0 Å². The van der Waals surface area contributed by atoms with Crippen molar-refractivity contribution in [3.8, 4) is 0 Å². The van der Waals surface area contributed by atoms with Gasteiger partial charge in [-0.15, -0.1) is 0 Å². The van der Waals surface area contributed by atoms with Crippen LogP contribution < -0.4 is 5.32 Å². The Morgan fingerprint density at radius 1 is 1.29 bits per heavy atom. The number of piperazine rings is 1. The molecular formula is C14H24N2O4S. The van der Waals surface area contributed by atoms with Gasteiger partial charge >= 0.3 is 0 Å². The molecular weight excluding hydrogens is 292 g/mol. The Morgan fingerprint density at radius 3 is 2.29 bits per heavy atom. The number of hydrogen-bond acceptors (Lipinski definition) is 4. The van der Waals surface area contributed by atoms with E-state index in [0.717, 1.165) is 0 Å². The van der Waals surface area contributed by atoms with Gasteiger partial charge in [0.2, 0.25) is 11.8 Å². The maximum atomic E-state index is 12.8. The van der Waals surface area contributed by atoms with Gasteiger partial charge in [0.05, 0.1) is 17.0 Å². The molecule has 7 heteroatoms. The van der Waals surface area contributed by atoms with E-state index < -0.39 is 32.9 Å². The Labute approximate surface area is 126 Å². The predicted octanol–water partition coefficient (Wildman–Crippen LogP) is 0.325. The van der Waals surface area contributed by atoms with Crippen LogP contribution in [-0.4, -0.2) is 54.3 Å². The number of nitrogens with zero attached hydrogens (tertiary/aromatic N) is 1. The first-order valence-electron chi connectivity index (χ1n) is 7.21. The molecule has 0 bridgehead atoms. The third-order valence-corrected chi connectivity index (χ3v) is 6.36. The predicted molar refractivity (Wildman–Crippen MR) is 79.4 cm³/mol. The maximum absolute atomic E-state index is 12.8. The number of carbonyl (C=O) groups excluding carboxylic acids is 2. The fraction of sp³-hybridized carbons (Fsp3) is 0.857. The molecule has 2 saturated heterocycles. The summed E-state index contributed by atoms with van der Waals surface area (Å²) in [5.41, 5.74) is -1.21. The van der Waals surface area contributed by atoms with Gasteiger partial charge in [0.1, 0.15) is 12.1 Å². The van der Waals surface area contributed by atoms with Crippen LogP contribution in [0.5, 0.6) is 0 Å². The number of carbonyl (C=O) groups is 2. The first kappa shape index (κ1) is 16.3. The number of hydrogen-bond donors (Lipinski definition) is 1. The Kier molecular flexibility index (Phi) is 3.64. The van der Waals surface area contributed by atoms with Crippen LogP contribution in [0.4, 0.5) is 0 Å². The van der Waals surface area contributed by atoms with E-state index in [0.29, 0.717) is 6.42 Å². The number of sulfone groups is 1. The zero-order valence-corrected chi connectivity index (χ0v) is 14.1. The van der Waals surface area contributed by atoms with E-state index in [-0.39, 0.29) is 23.3 Å². The van der Waals surface area contributed by atoms with E-state index in [1.807, 2.05) is 20.8 Å². The maximum Gasteiger partial charge on any atom is 0.246 e. The molecule has 0 aromatic rings. The number of rotatable bonds is 1. The van der Waals surface area contributed by atoms with Gasteiger partial charge in [0.15, 0.2) is 9.84 Å². The molecule has 1 N–H and O–H groups in total. The van der Waals surface area contributed by atoms with Gasteiger partial charge in [0, 0.05) is 0 Å². The molecule has 0 radical (unpaired) electrons. The molecule has 0 aromatic heterocycles. The van der Waals surface area contributed by atoms with E-state index in [9.17, 15) is 18.0 Å². The average Bonchev–Trinajstić information content (AvgIpc) is 2.57. The summed E-state index contributed by atoms with van der Waals surface area (Å²) in [6, 6.07) is -1.27. The van der Waals surface area contributed by atoms with Crippen molar-refractivity contribution in [3.63, 3.8) is 0 Å². The lowest BCUT2D eigenvalue weighted by atomic mass is 9.82. The van der Waals surface area contributed by atoms with Crippen molar-refractivity contribution in [1.29, 1.82) is 0 Å². The van der Waals surface area contributed by atoms with Gasteiger partial charge < -0.3 is 10.2 Å². The normalized spacial score (nSPS) is 36.7. The summed E-state index contributed by atoms with van der Waals surface area (Å²) >= 11 is 0. The summed E-state index contributed by atoms with van der Waals surface area (Å²) in [5.74, 6) is -0.406. The van der Waals surface area contributed by atoms with Gasteiger partial charge in [-0.05, 0) is 25.7 Å². The minimum absolute atomic E-state index is 0.0692. The first-order chi connectivity index (χ1) is 9.37. The van der Waals surface area contributed by atoms with Crippen LogP contribution in [0.25, 0.3) is 0 Å². The second-order valence-electron chi connectivity index (χ2n) is 7.53. The summed E-state index contributed by atoms with van der Waals surface area (Å²) in [6.07, 6.45) is 0.384. The van der Waals surface area contributed by atoms with Crippen molar-refractivity contribution in [2.45, 2.75) is 58.7 Å². The van der Waals surface area contributed by atoms with E-state index in [2.05, 4.69) is 5.32 Å². The Morgan fingerprint density at radius 2 is 1.86 bits per heavy atom. The average molecular weight is 316 g/mol. The van der Waals surface area contributed by atoms with E-state index in [1.54, 1.807) is 13.8 Å². The van der Waals surface area contributed by atoms with E-state index >= 15 is 0 Å². The van der Waals surface area contributed by atoms with Crippen molar-refractivity contribution in [2.24, 2.45) is 5.41 Å². The summed E-state index contributed by atoms with van der Waals surface area (Å²) < 4.78 is 23.6. The van der Waals surface area contributed by atoms with Crippen molar-refractivity contribution in [1.82, 2.24) is 10.2 Å².